The number of carbonyl (C=O) groups excluding carboxylic acids is 3. The van der Waals surface area contributed by atoms with Crippen molar-refractivity contribution in [2.45, 2.75) is 70.5 Å². The molecular formula is C28H31F6N3O5. The molecule has 14 heteroatoms. The van der Waals surface area contributed by atoms with Crippen molar-refractivity contribution in [1.29, 1.82) is 0 Å². The molecule has 2 N–H and O–H groups in total. The number of hydrogen-bond acceptors (Lipinski definition) is 5. The van der Waals surface area contributed by atoms with Gasteiger partial charge in [0.05, 0.1) is 0 Å². The quantitative estimate of drug-likeness (QED) is 0.334. The van der Waals surface area contributed by atoms with E-state index in [2.05, 4.69) is 15.4 Å². The Labute approximate surface area is 238 Å². The van der Waals surface area contributed by atoms with Crippen molar-refractivity contribution in [3.8, 4) is 5.75 Å². The van der Waals surface area contributed by atoms with Crippen LogP contribution in [0, 0.1) is 17.5 Å². The number of amides is 3. The van der Waals surface area contributed by atoms with Crippen LogP contribution in [0.25, 0.3) is 0 Å². The number of alkyl halides is 3. The van der Waals surface area contributed by atoms with Crippen molar-refractivity contribution in [2.24, 2.45) is 0 Å². The molecule has 3 rings (SSSR count). The molecule has 3 amide bonds. The summed E-state index contributed by atoms with van der Waals surface area (Å²) in [6.07, 6.45) is -6.34. The lowest BCUT2D eigenvalue weighted by molar-refractivity contribution is -0.274. The minimum Gasteiger partial charge on any atom is -0.444 e. The van der Waals surface area contributed by atoms with Crippen LogP contribution in [0.4, 0.5) is 31.1 Å². The molecule has 0 spiro atoms. The largest absolute Gasteiger partial charge is 0.573 e. The monoisotopic (exact) mass is 603 g/mol. The van der Waals surface area contributed by atoms with Gasteiger partial charge in [-0.2, -0.15) is 0 Å². The van der Waals surface area contributed by atoms with Gasteiger partial charge >= 0.3 is 12.5 Å². The molecule has 0 bridgehead atoms. The summed E-state index contributed by atoms with van der Waals surface area (Å²) in [6, 6.07) is 3.63. The van der Waals surface area contributed by atoms with Crippen molar-refractivity contribution in [3.63, 3.8) is 0 Å². The molecule has 230 valence electrons. The zero-order valence-corrected chi connectivity index (χ0v) is 23.1. The molecule has 0 saturated carbocycles. The van der Waals surface area contributed by atoms with E-state index in [1.54, 1.807) is 20.8 Å². The summed E-state index contributed by atoms with van der Waals surface area (Å²) in [5.41, 5.74) is -0.772. The van der Waals surface area contributed by atoms with Gasteiger partial charge in [-0.25, -0.2) is 18.0 Å². The summed E-state index contributed by atoms with van der Waals surface area (Å²) in [5.74, 6) is -5.37. The van der Waals surface area contributed by atoms with E-state index in [1.807, 2.05) is 0 Å². The van der Waals surface area contributed by atoms with Gasteiger partial charge in [-0.3, -0.25) is 9.59 Å². The van der Waals surface area contributed by atoms with E-state index < -0.39 is 78.0 Å². The Kier molecular flexibility index (Phi) is 10.3. The maximum absolute atomic E-state index is 14.4. The molecule has 42 heavy (non-hydrogen) atoms. The second-order valence-corrected chi connectivity index (χ2v) is 10.8. The molecule has 0 aliphatic carbocycles. The fourth-order valence-corrected chi connectivity index (χ4v) is 4.39. The van der Waals surface area contributed by atoms with Gasteiger partial charge < -0.3 is 25.0 Å². The number of benzene rings is 2. The SMILES string of the molecule is CC(C)(C)OC(=O)N[C@@H](CC(=O)N1CCCNC(=O)[C@H]1Cc1ccc(OC(F)(F)F)cc1)Cc1cc(F)c(F)cc1F. The minimum absolute atomic E-state index is 0.0498. The molecule has 8 nitrogen and oxygen atoms in total. The van der Waals surface area contributed by atoms with Crippen LogP contribution in [0.15, 0.2) is 36.4 Å². The molecule has 2 aromatic carbocycles. The second-order valence-electron chi connectivity index (χ2n) is 10.8. The first-order chi connectivity index (χ1) is 19.5. The van der Waals surface area contributed by atoms with E-state index in [0.29, 0.717) is 24.1 Å². The van der Waals surface area contributed by atoms with Crippen molar-refractivity contribution >= 4 is 17.9 Å². The van der Waals surface area contributed by atoms with Gasteiger partial charge in [0.2, 0.25) is 11.8 Å². The molecule has 1 saturated heterocycles. The lowest BCUT2D eigenvalue weighted by atomic mass is 9.99. The van der Waals surface area contributed by atoms with Crippen LogP contribution in [0.2, 0.25) is 0 Å². The molecule has 0 unspecified atom stereocenters. The maximum atomic E-state index is 14.4. The average Bonchev–Trinajstić information content (AvgIpc) is 3.02. The third-order valence-corrected chi connectivity index (χ3v) is 6.16. The normalized spacial score (nSPS) is 16.7. The summed E-state index contributed by atoms with van der Waals surface area (Å²) in [7, 11) is 0. The predicted octanol–water partition coefficient (Wildman–Crippen LogP) is 4.79. The van der Waals surface area contributed by atoms with Gasteiger partial charge in [0, 0.05) is 38.0 Å². The lowest BCUT2D eigenvalue weighted by Crippen LogP contribution is -2.50. The molecular weight excluding hydrogens is 572 g/mol. The average molecular weight is 604 g/mol. The van der Waals surface area contributed by atoms with Gasteiger partial charge in [0.25, 0.3) is 0 Å². The predicted molar refractivity (Wildman–Crippen MR) is 138 cm³/mol. The lowest BCUT2D eigenvalue weighted by Gasteiger charge is -2.31. The summed E-state index contributed by atoms with van der Waals surface area (Å²) in [5, 5.41) is 5.16. The molecule has 0 radical (unpaired) electrons. The van der Waals surface area contributed by atoms with Crippen LogP contribution in [-0.4, -0.2) is 59.9 Å². The fraction of sp³-hybridized carbons (Fsp3) is 0.464. The second kappa shape index (κ2) is 13.3. The molecule has 0 aromatic heterocycles. The Morgan fingerprint density at radius 1 is 1.05 bits per heavy atom. The zero-order chi connectivity index (χ0) is 31.2. The number of alkyl carbamates (subject to hydrolysis) is 1. The van der Waals surface area contributed by atoms with Crippen molar-refractivity contribution in [1.82, 2.24) is 15.5 Å². The van der Waals surface area contributed by atoms with Crippen LogP contribution in [0.1, 0.15) is 44.7 Å². The highest BCUT2D eigenvalue weighted by atomic mass is 19.4. The Hall–Kier alpha value is -3.97. The Morgan fingerprint density at radius 3 is 2.31 bits per heavy atom. The van der Waals surface area contributed by atoms with E-state index in [0.717, 1.165) is 12.1 Å². The number of nitrogens with zero attached hydrogens (tertiary/aromatic N) is 1. The summed E-state index contributed by atoms with van der Waals surface area (Å²) >= 11 is 0. The van der Waals surface area contributed by atoms with Crippen molar-refractivity contribution in [3.05, 3.63) is 65.0 Å². The number of nitrogens with one attached hydrogen (secondary N) is 2. The Bertz CT molecular complexity index is 1280. The van der Waals surface area contributed by atoms with E-state index >= 15 is 0 Å². The number of carbonyl (C=O) groups is 3. The standard InChI is InChI=1S/C28H31F6N3O5/c1-27(2,3)42-26(40)36-18(12-17-13-21(30)22(31)15-20(17)29)14-24(38)37-10-4-9-35-25(39)23(37)11-16-5-7-19(8-6-16)41-28(32,33)34/h5-8,13,15,18,23H,4,9-12,14H2,1-3H3,(H,35,39)(H,36,40)/t18-,23-/m1/s1. The zero-order valence-electron chi connectivity index (χ0n) is 23.1. The van der Waals surface area contributed by atoms with E-state index in [-0.39, 0.29) is 25.1 Å². The maximum Gasteiger partial charge on any atom is 0.573 e. The molecule has 1 aliphatic rings. The molecule has 2 atom stereocenters. The van der Waals surface area contributed by atoms with E-state index in [9.17, 15) is 40.7 Å². The van der Waals surface area contributed by atoms with E-state index in [1.165, 1.54) is 17.0 Å². The van der Waals surface area contributed by atoms with Gasteiger partial charge in [0.1, 0.15) is 23.2 Å². The highest BCUT2D eigenvalue weighted by molar-refractivity contribution is 5.88. The fourth-order valence-electron chi connectivity index (χ4n) is 4.39. The van der Waals surface area contributed by atoms with Crippen LogP contribution in [0.3, 0.4) is 0 Å². The first-order valence-electron chi connectivity index (χ1n) is 13.1. The van der Waals surface area contributed by atoms with Gasteiger partial charge in [-0.1, -0.05) is 12.1 Å². The van der Waals surface area contributed by atoms with Crippen LogP contribution >= 0.6 is 0 Å². The first kappa shape index (κ1) is 32.5. The molecule has 1 heterocycles. The summed E-state index contributed by atoms with van der Waals surface area (Å²) in [6.45, 7) is 5.19. The third kappa shape index (κ3) is 9.84. The summed E-state index contributed by atoms with van der Waals surface area (Å²) in [4.78, 5) is 40.3. The summed E-state index contributed by atoms with van der Waals surface area (Å²) < 4.78 is 88.4. The number of ether oxygens (including phenoxy) is 2. The van der Waals surface area contributed by atoms with Gasteiger partial charge in [-0.05, 0) is 62.9 Å². The highest BCUT2D eigenvalue weighted by Crippen LogP contribution is 2.24. The smallest absolute Gasteiger partial charge is 0.444 e. The highest BCUT2D eigenvalue weighted by Gasteiger charge is 2.34. The van der Waals surface area contributed by atoms with Crippen molar-refractivity contribution in [2.75, 3.05) is 13.1 Å². The van der Waals surface area contributed by atoms with Crippen LogP contribution in [-0.2, 0) is 27.2 Å². The molecule has 2 aromatic rings. The molecule has 1 aliphatic heterocycles. The van der Waals surface area contributed by atoms with Crippen LogP contribution < -0.4 is 15.4 Å². The number of hydrogen-bond donors (Lipinski definition) is 2. The van der Waals surface area contributed by atoms with Gasteiger partial charge in [-0.15, -0.1) is 13.2 Å². The minimum atomic E-state index is -4.88. The topological polar surface area (TPSA) is 97.0 Å². The van der Waals surface area contributed by atoms with Gasteiger partial charge in [0.15, 0.2) is 11.6 Å². The molecule has 1 fully saturated rings. The van der Waals surface area contributed by atoms with E-state index in [4.69, 9.17) is 4.74 Å². The third-order valence-electron chi connectivity index (χ3n) is 6.16. The number of halogens is 6. The number of rotatable bonds is 8. The van der Waals surface area contributed by atoms with Crippen LogP contribution in [0.5, 0.6) is 5.75 Å². The first-order valence-corrected chi connectivity index (χ1v) is 13.1. The Morgan fingerprint density at radius 2 is 1.69 bits per heavy atom. The Balaban J connectivity index is 1.83. The van der Waals surface area contributed by atoms with Crippen molar-refractivity contribution < 1.29 is 50.2 Å².